The third-order valence-electron chi connectivity index (χ3n) is 2.76. The molecule has 0 aliphatic rings. The molecule has 0 aromatic rings. The molecule has 2 atom stereocenters. The Morgan fingerprint density at radius 3 is 2.40 bits per heavy atom. The van der Waals surface area contributed by atoms with Gasteiger partial charge in [0.15, 0.2) is 0 Å². The molecule has 15 heavy (non-hydrogen) atoms. The van der Waals surface area contributed by atoms with E-state index >= 15 is 0 Å². The van der Waals surface area contributed by atoms with Gasteiger partial charge in [0.1, 0.15) is 0 Å². The van der Waals surface area contributed by atoms with Crippen molar-refractivity contribution >= 4 is 5.97 Å². The predicted octanol–water partition coefficient (Wildman–Crippen LogP) is 3.93. The van der Waals surface area contributed by atoms with E-state index in [1.165, 1.54) is 12.8 Å². The Labute approximate surface area is 94.4 Å². The molecule has 0 rings (SSSR count). The summed E-state index contributed by atoms with van der Waals surface area (Å²) in [4.78, 5) is 11.4. The minimum atomic E-state index is -0.0339. The Kier molecular flexibility index (Phi) is 8.44. The van der Waals surface area contributed by atoms with Crippen molar-refractivity contribution < 1.29 is 9.53 Å². The third-order valence-corrected chi connectivity index (χ3v) is 2.76. The Bertz CT molecular complexity index is 166. The second kappa shape index (κ2) is 8.75. The Morgan fingerprint density at radius 1 is 1.20 bits per heavy atom. The van der Waals surface area contributed by atoms with Crippen LogP contribution in [0.5, 0.6) is 0 Å². The lowest BCUT2D eigenvalue weighted by Crippen LogP contribution is -2.16. The molecule has 0 aromatic heterocycles. The Balaban J connectivity index is 3.57. The average Bonchev–Trinajstić information content (AvgIpc) is 2.17. The minimum Gasteiger partial charge on any atom is -0.463 e. The van der Waals surface area contributed by atoms with Crippen LogP contribution in [-0.2, 0) is 9.53 Å². The Morgan fingerprint density at radius 2 is 1.87 bits per heavy atom. The molecular weight excluding hydrogens is 188 g/mol. The lowest BCUT2D eigenvalue weighted by Gasteiger charge is -2.14. The van der Waals surface area contributed by atoms with Crippen molar-refractivity contribution in [3.05, 3.63) is 0 Å². The van der Waals surface area contributed by atoms with E-state index in [9.17, 15) is 4.79 Å². The topological polar surface area (TPSA) is 26.3 Å². The van der Waals surface area contributed by atoms with E-state index in [0.717, 1.165) is 19.3 Å². The molecule has 2 heteroatoms. The summed E-state index contributed by atoms with van der Waals surface area (Å²) in [6.45, 7) is 8.36. The first-order valence-corrected chi connectivity index (χ1v) is 6.29. The van der Waals surface area contributed by atoms with Crippen LogP contribution in [0.4, 0.5) is 0 Å². The van der Waals surface area contributed by atoms with Crippen molar-refractivity contribution in [2.75, 3.05) is 0 Å². The molecule has 90 valence electrons. The number of hydrogen-bond acceptors (Lipinski definition) is 2. The highest BCUT2D eigenvalue weighted by molar-refractivity contribution is 5.69. The van der Waals surface area contributed by atoms with Gasteiger partial charge >= 0.3 is 5.97 Å². The molecular formula is C13H26O2. The zero-order chi connectivity index (χ0) is 11.7. The van der Waals surface area contributed by atoms with Gasteiger partial charge < -0.3 is 4.74 Å². The fourth-order valence-corrected chi connectivity index (χ4v) is 1.44. The lowest BCUT2D eigenvalue weighted by molar-refractivity contribution is -0.149. The number of carbonyl (C=O) groups is 1. The van der Waals surface area contributed by atoms with Gasteiger partial charge in [-0.15, -0.1) is 0 Å². The second-order valence-corrected chi connectivity index (χ2v) is 4.51. The van der Waals surface area contributed by atoms with E-state index in [1.54, 1.807) is 0 Å². The molecule has 0 fully saturated rings. The minimum absolute atomic E-state index is 0.0339. The van der Waals surface area contributed by atoms with Gasteiger partial charge in [-0.2, -0.15) is 0 Å². The standard InChI is InChI=1S/C13H26O2/c1-5-7-8-9-12(4)15-13(14)10-11(3)6-2/h11-12H,5-10H2,1-4H3/t11-,12-/m0/s1. The van der Waals surface area contributed by atoms with Gasteiger partial charge in [0.05, 0.1) is 6.10 Å². The van der Waals surface area contributed by atoms with Crippen LogP contribution in [0.1, 0.15) is 66.2 Å². The zero-order valence-electron chi connectivity index (χ0n) is 10.7. The van der Waals surface area contributed by atoms with Crippen molar-refractivity contribution in [2.24, 2.45) is 5.92 Å². The van der Waals surface area contributed by atoms with Crippen LogP contribution in [0, 0.1) is 5.92 Å². The molecule has 0 saturated heterocycles. The summed E-state index contributed by atoms with van der Waals surface area (Å²) >= 11 is 0. The largest absolute Gasteiger partial charge is 0.463 e. The van der Waals surface area contributed by atoms with Crippen LogP contribution in [0.3, 0.4) is 0 Å². The van der Waals surface area contributed by atoms with Gasteiger partial charge in [-0.3, -0.25) is 4.79 Å². The molecule has 0 spiro atoms. The summed E-state index contributed by atoms with van der Waals surface area (Å²) in [5.74, 6) is 0.411. The van der Waals surface area contributed by atoms with Crippen LogP contribution in [-0.4, -0.2) is 12.1 Å². The summed E-state index contributed by atoms with van der Waals surface area (Å²) in [6.07, 6.45) is 6.30. The number of esters is 1. The van der Waals surface area contributed by atoms with Gasteiger partial charge in [-0.25, -0.2) is 0 Å². The summed E-state index contributed by atoms with van der Waals surface area (Å²) in [5.41, 5.74) is 0. The van der Waals surface area contributed by atoms with E-state index in [-0.39, 0.29) is 12.1 Å². The van der Waals surface area contributed by atoms with Gasteiger partial charge in [-0.05, 0) is 25.7 Å². The van der Waals surface area contributed by atoms with Gasteiger partial charge in [0.25, 0.3) is 0 Å². The molecule has 0 amide bonds. The van der Waals surface area contributed by atoms with Crippen LogP contribution < -0.4 is 0 Å². The van der Waals surface area contributed by atoms with Crippen molar-refractivity contribution in [1.29, 1.82) is 0 Å². The first kappa shape index (κ1) is 14.5. The van der Waals surface area contributed by atoms with E-state index < -0.39 is 0 Å². The second-order valence-electron chi connectivity index (χ2n) is 4.51. The molecule has 0 unspecified atom stereocenters. The normalized spacial score (nSPS) is 14.7. The molecule has 0 N–H and O–H groups in total. The van der Waals surface area contributed by atoms with Crippen molar-refractivity contribution in [3.63, 3.8) is 0 Å². The van der Waals surface area contributed by atoms with Crippen molar-refractivity contribution in [1.82, 2.24) is 0 Å². The number of carbonyl (C=O) groups excluding carboxylic acids is 1. The van der Waals surface area contributed by atoms with Crippen LogP contribution in [0.25, 0.3) is 0 Å². The van der Waals surface area contributed by atoms with E-state index in [0.29, 0.717) is 12.3 Å². The van der Waals surface area contributed by atoms with Gasteiger partial charge in [-0.1, -0.05) is 40.0 Å². The quantitative estimate of drug-likeness (QED) is 0.452. The molecule has 0 saturated carbocycles. The molecule has 0 aliphatic carbocycles. The average molecular weight is 214 g/mol. The smallest absolute Gasteiger partial charge is 0.306 e. The van der Waals surface area contributed by atoms with Crippen LogP contribution in [0.2, 0.25) is 0 Å². The van der Waals surface area contributed by atoms with Crippen molar-refractivity contribution in [3.8, 4) is 0 Å². The number of hydrogen-bond donors (Lipinski definition) is 0. The maximum Gasteiger partial charge on any atom is 0.306 e. The first-order valence-electron chi connectivity index (χ1n) is 6.29. The van der Waals surface area contributed by atoms with Crippen LogP contribution in [0.15, 0.2) is 0 Å². The molecule has 2 nitrogen and oxygen atoms in total. The summed E-state index contributed by atoms with van der Waals surface area (Å²) in [7, 11) is 0. The predicted molar refractivity (Wildman–Crippen MR) is 63.8 cm³/mol. The monoisotopic (exact) mass is 214 g/mol. The zero-order valence-corrected chi connectivity index (χ0v) is 10.7. The molecule has 0 aromatic carbocycles. The fourth-order valence-electron chi connectivity index (χ4n) is 1.44. The van der Waals surface area contributed by atoms with Crippen molar-refractivity contribution in [2.45, 2.75) is 72.3 Å². The first-order chi connectivity index (χ1) is 7.10. The lowest BCUT2D eigenvalue weighted by atomic mass is 10.1. The highest BCUT2D eigenvalue weighted by Crippen LogP contribution is 2.11. The van der Waals surface area contributed by atoms with E-state index in [1.807, 2.05) is 6.92 Å². The number of rotatable bonds is 8. The van der Waals surface area contributed by atoms with Crippen LogP contribution >= 0.6 is 0 Å². The Hall–Kier alpha value is -0.530. The SMILES string of the molecule is CCCCC[C@H](C)OC(=O)C[C@@H](C)CC. The highest BCUT2D eigenvalue weighted by atomic mass is 16.5. The maximum atomic E-state index is 11.4. The van der Waals surface area contributed by atoms with Gasteiger partial charge in [0, 0.05) is 6.42 Å². The summed E-state index contributed by atoms with van der Waals surface area (Å²) in [6, 6.07) is 0. The number of ether oxygens (including phenoxy) is 1. The van der Waals surface area contributed by atoms with Gasteiger partial charge in [0.2, 0.25) is 0 Å². The molecule has 0 heterocycles. The summed E-state index contributed by atoms with van der Waals surface area (Å²) in [5, 5.41) is 0. The third kappa shape index (κ3) is 8.46. The highest BCUT2D eigenvalue weighted by Gasteiger charge is 2.11. The maximum absolute atomic E-state index is 11.4. The van der Waals surface area contributed by atoms with E-state index in [2.05, 4.69) is 20.8 Å². The molecule has 0 aliphatic heterocycles. The summed E-state index contributed by atoms with van der Waals surface area (Å²) < 4.78 is 5.33. The molecule has 0 bridgehead atoms. The molecule has 0 radical (unpaired) electrons. The number of unbranched alkanes of at least 4 members (excludes halogenated alkanes) is 2. The van der Waals surface area contributed by atoms with E-state index in [4.69, 9.17) is 4.74 Å². The fraction of sp³-hybridized carbons (Fsp3) is 0.923.